The Labute approximate surface area is 51.3 Å². The van der Waals surface area contributed by atoms with E-state index in [1.807, 2.05) is 0 Å². The molecule has 0 unspecified atom stereocenters. The van der Waals surface area contributed by atoms with Crippen LogP contribution >= 0.6 is 0 Å². The fourth-order valence-electron chi connectivity index (χ4n) is 0.320. The van der Waals surface area contributed by atoms with Crippen LogP contribution in [0.4, 0.5) is 0 Å². The van der Waals surface area contributed by atoms with Gasteiger partial charge in [-0.25, -0.2) is 0 Å². The first-order valence-corrected chi connectivity index (χ1v) is 4.45. The van der Waals surface area contributed by atoms with Crippen molar-refractivity contribution in [3.63, 3.8) is 0 Å². The van der Waals surface area contributed by atoms with E-state index in [9.17, 15) is 4.91 Å². The third-order valence-corrected chi connectivity index (χ3v) is 1.73. The first-order valence-electron chi connectivity index (χ1n) is 2.35. The summed E-state index contributed by atoms with van der Waals surface area (Å²) in [5.74, 6) is 0. The molecule has 0 aromatic heterocycles. The number of nitrogens with zero attached hydrogens (tertiary/aromatic N) is 1. The van der Waals surface area contributed by atoms with E-state index in [1.165, 1.54) is 0 Å². The van der Waals surface area contributed by atoms with E-state index in [2.05, 4.69) is 9.45 Å². The van der Waals surface area contributed by atoms with Crippen LogP contribution in [0.2, 0.25) is 0 Å². The zero-order valence-electron chi connectivity index (χ0n) is 4.48. The van der Waals surface area contributed by atoms with Crippen LogP contribution in [0.3, 0.4) is 0 Å². The molecule has 0 aromatic rings. The summed E-state index contributed by atoms with van der Waals surface area (Å²) in [4.78, 5) is 9.42. The van der Waals surface area contributed by atoms with Crippen molar-refractivity contribution in [1.82, 2.24) is 4.27 Å². The van der Waals surface area contributed by atoms with Crippen LogP contribution in [-0.4, -0.2) is 29.8 Å². The van der Waals surface area contributed by atoms with Crippen molar-refractivity contribution in [3.05, 3.63) is 4.91 Å². The van der Waals surface area contributed by atoms with Crippen molar-refractivity contribution in [2.24, 2.45) is 5.18 Å². The molecule has 0 saturated carbocycles. The molecule has 0 spiro atoms. The predicted octanol–water partition coefficient (Wildman–Crippen LogP) is -0.987. The normalized spacial score (nSPS) is 9.14. The van der Waals surface area contributed by atoms with Gasteiger partial charge in [-0.1, -0.05) is 0 Å². The van der Waals surface area contributed by atoms with Gasteiger partial charge in [-0.2, -0.15) is 0 Å². The topological polar surface area (TPSA) is 41.5 Å². The van der Waals surface area contributed by atoms with Crippen LogP contribution in [0.5, 0.6) is 0 Å². The van der Waals surface area contributed by atoms with Crippen LogP contribution in [0, 0.1) is 4.91 Å². The fourth-order valence-corrected chi connectivity index (χ4v) is 1.06. The van der Waals surface area contributed by atoms with Gasteiger partial charge in [0.25, 0.3) is 0 Å². The molecule has 0 saturated heterocycles. The van der Waals surface area contributed by atoms with Crippen LogP contribution in [0.1, 0.15) is 6.42 Å². The molecular formula is C3H10GeN2O. The van der Waals surface area contributed by atoms with Crippen molar-refractivity contribution in [3.8, 4) is 0 Å². The third kappa shape index (κ3) is 6.10. The van der Waals surface area contributed by atoms with Crippen LogP contribution in [-0.2, 0) is 0 Å². The number of rotatable bonds is 4. The number of hydrogen-bond donors (Lipinski definition) is 1. The van der Waals surface area contributed by atoms with Gasteiger partial charge in [0.2, 0.25) is 0 Å². The minimum atomic E-state index is 0.461. The van der Waals surface area contributed by atoms with Crippen molar-refractivity contribution in [2.75, 3.05) is 13.1 Å². The Kier molecular flexibility index (Phi) is 6.19. The van der Waals surface area contributed by atoms with Crippen molar-refractivity contribution in [1.29, 1.82) is 0 Å². The zero-order chi connectivity index (χ0) is 5.54. The van der Waals surface area contributed by atoms with Crippen LogP contribution < -0.4 is 4.27 Å². The molecule has 0 fully saturated rings. The molecule has 3 nitrogen and oxygen atoms in total. The number of hydrogen-bond acceptors (Lipinski definition) is 3. The molecule has 0 aliphatic heterocycles. The Morgan fingerprint density at radius 2 is 2.43 bits per heavy atom. The molecule has 0 aliphatic carbocycles. The molecule has 0 heterocycles. The summed E-state index contributed by atoms with van der Waals surface area (Å²) >= 11 is 0.718. The second-order valence-electron chi connectivity index (χ2n) is 1.31. The molecular weight excluding hydrogens is 153 g/mol. The van der Waals surface area contributed by atoms with E-state index in [0.29, 0.717) is 6.54 Å². The predicted molar refractivity (Wildman–Crippen MR) is 33.2 cm³/mol. The maximum absolute atomic E-state index is 9.42. The van der Waals surface area contributed by atoms with E-state index in [0.717, 1.165) is 29.7 Å². The summed E-state index contributed by atoms with van der Waals surface area (Å²) in [6.45, 7) is 1.43. The minimum absolute atomic E-state index is 0.461. The van der Waals surface area contributed by atoms with Gasteiger partial charge in [0.05, 0.1) is 0 Å². The Morgan fingerprint density at radius 3 is 2.86 bits per heavy atom. The van der Waals surface area contributed by atoms with Gasteiger partial charge in [-0.3, -0.25) is 0 Å². The fraction of sp³-hybridized carbons (Fsp3) is 1.00. The van der Waals surface area contributed by atoms with Gasteiger partial charge in [0.15, 0.2) is 0 Å². The Balaban J connectivity index is 2.56. The van der Waals surface area contributed by atoms with E-state index in [1.54, 1.807) is 0 Å². The molecule has 0 radical (unpaired) electrons. The molecule has 0 atom stereocenters. The first-order chi connectivity index (χ1) is 3.41. The molecule has 42 valence electrons. The van der Waals surface area contributed by atoms with Crippen molar-refractivity contribution >= 4 is 16.7 Å². The molecule has 0 rings (SSSR count). The Morgan fingerprint density at radius 1 is 1.71 bits per heavy atom. The summed E-state index contributed by atoms with van der Waals surface area (Å²) < 4.78 is 3.09. The van der Waals surface area contributed by atoms with Crippen LogP contribution in [0.15, 0.2) is 5.18 Å². The van der Waals surface area contributed by atoms with Gasteiger partial charge in [0.1, 0.15) is 0 Å². The summed E-state index contributed by atoms with van der Waals surface area (Å²) in [5.41, 5.74) is 0. The summed E-state index contributed by atoms with van der Waals surface area (Å²) in [5, 5.41) is 2.70. The quantitative estimate of drug-likeness (QED) is 0.328. The molecule has 0 bridgehead atoms. The Bertz CT molecular complexity index is 50.2. The third-order valence-electron chi connectivity index (χ3n) is 0.676. The van der Waals surface area contributed by atoms with E-state index in [4.69, 9.17) is 0 Å². The molecule has 1 N–H and O–H groups in total. The molecule has 0 aromatic carbocycles. The van der Waals surface area contributed by atoms with Gasteiger partial charge in [0, 0.05) is 0 Å². The summed E-state index contributed by atoms with van der Waals surface area (Å²) in [7, 11) is 0. The molecule has 0 aliphatic rings. The maximum atomic E-state index is 9.42. The second-order valence-corrected chi connectivity index (χ2v) is 2.79. The molecule has 4 heteroatoms. The molecule has 7 heavy (non-hydrogen) atoms. The van der Waals surface area contributed by atoms with Crippen molar-refractivity contribution in [2.45, 2.75) is 6.42 Å². The zero-order valence-corrected chi connectivity index (χ0v) is 8.67. The van der Waals surface area contributed by atoms with Gasteiger partial charge in [-0.05, 0) is 0 Å². The average Bonchev–Trinajstić information content (AvgIpc) is 1.69. The number of nitrogens with one attached hydrogen (secondary N) is 1. The summed E-state index contributed by atoms with van der Waals surface area (Å²) in [6, 6.07) is 0. The summed E-state index contributed by atoms with van der Waals surface area (Å²) in [6.07, 6.45) is 0.894. The Hall–Kier alpha value is 0.103. The van der Waals surface area contributed by atoms with Crippen LogP contribution in [0.25, 0.3) is 0 Å². The van der Waals surface area contributed by atoms with Gasteiger partial charge in [-0.15, -0.1) is 0 Å². The van der Waals surface area contributed by atoms with Crippen molar-refractivity contribution < 1.29 is 0 Å². The van der Waals surface area contributed by atoms with Gasteiger partial charge >= 0.3 is 50.6 Å². The van der Waals surface area contributed by atoms with Gasteiger partial charge < -0.3 is 0 Å². The van der Waals surface area contributed by atoms with E-state index >= 15 is 0 Å². The number of nitroso groups, excluding NO2 is 1. The van der Waals surface area contributed by atoms with E-state index < -0.39 is 0 Å². The molecule has 0 amide bonds. The SMILES string of the molecule is O=NCCC[NH][GeH3]. The standard InChI is InChI=1S/C3H10GeN2O/c4-5-2-1-3-6-7/h5H,1-3H2,4H3. The van der Waals surface area contributed by atoms with E-state index in [-0.39, 0.29) is 0 Å². The average molecular weight is 163 g/mol. The first kappa shape index (κ1) is 7.10. The second kappa shape index (κ2) is 6.10. The monoisotopic (exact) mass is 164 g/mol.